The molecule has 2 saturated carbocycles. The number of benzene rings is 2. The van der Waals surface area contributed by atoms with Gasteiger partial charge in [-0.05, 0) is 61.9 Å². The number of halogens is 1. The molecule has 0 bridgehead atoms. The van der Waals surface area contributed by atoms with Crippen LogP contribution in [0.1, 0.15) is 53.2 Å². The average molecular weight is 433 g/mol. The van der Waals surface area contributed by atoms with E-state index in [1.54, 1.807) is 30.5 Å². The van der Waals surface area contributed by atoms with Gasteiger partial charge >= 0.3 is 5.97 Å². The molecule has 2 fully saturated rings. The largest absolute Gasteiger partial charge is 0.465 e. The molecule has 2 aliphatic rings. The second-order valence-corrected chi connectivity index (χ2v) is 8.71. The van der Waals surface area contributed by atoms with Gasteiger partial charge in [0, 0.05) is 23.0 Å². The number of aromatic nitrogens is 2. The molecule has 7 heteroatoms. The smallest absolute Gasteiger partial charge is 0.338 e. The monoisotopic (exact) mass is 433 g/mol. The summed E-state index contributed by atoms with van der Waals surface area (Å²) in [4.78, 5) is 25.6. The Labute approximate surface area is 185 Å². The highest BCUT2D eigenvalue weighted by molar-refractivity contribution is 6.04. The lowest BCUT2D eigenvalue weighted by molar-refractivity contribution is -0.118. The standard InChI is InChI=1S/C25H24FN3O3/c1-15-3-8-21(22(26)11-15)25(9-10-25)24(31)28-17-4-7-19(20(12-17)23(30)32-2)16-13-27-29(14-16)18-5-6-18/h3-4,7-8,11-14,18H,5-6,9-10H2,1-2H3,(H,28,31). The highest BCUT2D eigenvalue weighted by atomic mass is 19.1. The maximum Gasteiger partial charge on any atom is 0.338 e. The van der Waals surface area contributed by atoms with E-state index < -0.39 is 11.4 Å². The topological polar surface area (TPSA) is 73.2 Å². The molecule has 0 spiro atoms. The van der Waals surface area contributed by atoms with Crippen molar-refractivity contribution in [2.24, 2.45) is 0 Å². The van der Waals surface area contributed by atoms with E-state index >= 15 is 0 Å². The molecule has 1 N–H and O–H groups in total. The third-order valence-corrected chi connectivity index (χ3v) is 6.34. The van der Waals surface area contributed by atoms with E-state index in [2.05, 4.69) is 10.4 Å². The molecule has 3 aromatic rings. The van der Waals surface area contributed by atoms with Crippen molar-refractivity contribution in [2.45, 2.75) is 44.1 Å². The number of nitrogens with one attached hydrogen (secondary N) is 1. The third-order valence-electron chi connectivity index (χ3n) is 6.34. The van der Waals surface area contributed by atoms with Crippen molar-refractivity contribution < 1.29 is 18.7 Å². The quantitative estimate of drug-likeness (QED) is 0.568. The van der Waals surface area contributed by atoms with Gasteiger partial charge < -0.3 is 10.1 Å². The van der Waals surface area contributed by atoms with Crippen LogP contribution in [0.3, 0.4) is 0 Å². The summed E-state index contributed by atoms with van der Waals surface area (Å²) >= 11 is 0. The fourth-order valence-electron chi connectivity index (χ4n) is 4.17. The number of anilines is 1. The van der Waals surface area contributed by atoms with E-state index in [0.717, 1.165) is 24.0 Å². The minimum Gasteiger partial charge on any atom is -0.465 e. The van der Waals surface area contributed by atoms with Crippen molar-refractivity contribution in [2.75, 3.05) is 12.4 Å². The van der Waals surface area contributed by atoms with Gasteiger partial charge in [-0.1, -0.05) is 18.2 Å². The van der Waals surface area contributed by atoms with Crippen LogP contribution in [0.5, 0.6) is 0 Å². The molecule has 1 aromatic heterocycles. The molecule has 0 radical (unpaired) electrons. The highest BCUT2D eigenvalue weighted by Crippen LogP contribution is 2.50. The first-order chi connectivity index (χ1) is 15.4. The number of amides is 1. The first-order valence-corrected chi connectivity index (χ1v) is 10.8. The SMILES string of the molecule is COC(=O)c1cc(NC(=O)C2(c3ccc(C)cc3F)CC2)ccc1-c1cnn(C2CC2)c1. The van der Waals surface area contributed by atoms with E-state index in [9.17, 15) is 14.0 Å². The lowest BCUT2D eigenvalue weighted by atomic mass is 9.93. The predicted molar refractivity (Wildman–Crippen MR) is 118 cm³/mol. The Balaban J connectivity index is 1.43. The summed E-state index contributed by atoms with van der Waals surface area (Å²) in [5.41, 5.74) is 2.67. The number of aryl methyl sites for hydroxylation is 1. The Hall–Kier alpha value is -3.48. The van der Waals surface area contributed by atoms with Crippen LogP contribution < -0.4 is 5.32 Å². The summed E-state index contributed by atoms with van der Waals surface area (Å²) in [6.45, 7) is 1.82. The summed E-state index contributed by atoms with van der Waals surface area (Å²) in [7, 11) is 1.32. The number of hydrogen-bond acceptors (Lipinski definition) is 4. The number of carbonyl (C=O) groups is 2. The second-order valence-electron chi connectivity index (χ2n) is 8.71. The first kappa shape index (κ1) is 20.4. The molecule has 6 nitrogen and oxygen atoms in total. The van der Waals surface area contributed by atoms with Crippen molar-refractivity contribution in [1.29, 1.82) is 0 Å². The number of nitrogens with zero attached hydrogens (tertiary/aromatic N) is 2. The number of hydrogen-bond donors (Lipinski definition) is 1. The summed E-state index contributed by atoms with van der Waals surface area (Å²) in [5, 5.41) is 7.28. The van der Waals surface area contributed by atoms with Crippen LogP contribution in [0.25, 0.3) is 11.1 Å². The van der Waals surface area contributed by atoms with Gasteiger partial charge in [0.15, 0.2) is 0 Å². The third kappa shape index (κ3) is 3.57. The maximum absolute atomic E-state index is 14.6. The van der Waals surface area contributed by atoms with E-state index in [4.69, 9.17) is 4.74 Å². The summed E-state index contributed by atoms with van der Waals surface area (Å²) in [5.74, 6) is -1.14. The maximum atomic E-state index is 14.6. The number of rotatable bonds is 6. The van der Waals surface area contributed by atoms with Crippen LogP contribution in [-0.4, -0.2) is 28.8 Å². The molecule has 164 valence electrons. The number of carbonyl (C=O) groups excluding carboxylic acids is 2. The molecule has 0 saturated heterocycles. The molecule has 2 aromatic carbocycles. The molecule has 2 aliphatic carbocycles. The lowest BCUT2D eigenvalue weighted by Crippen LogP contribution is -2.29. The van der Waals surface area contributed by atoms with Crippen LogP contribution in [0.15, 0.2) is 48.8 Å². The number of methoxy groups -OCH3 is 1. The van der Waals surface area contributed by atoms with Crippen molar-refractivity contribution >= 4 is 17.6 Å². The minimum absolute atomic E-state index is 0.273. The highest BCUT2D eigenvalue weighted by Gasteiger charge is 2.52. The number of esters is 1. The van der Waals surface area contributed by atoms with Gasteiger partial charge in [-0.2, -0.15) is 5.10 Å². The van der Waals surface area contributed by atoms with Crippen molar-refractivity contribution in [3.63, 3.8) is 0 Å². The van der Waals surface area contributed by atoms with Crippen LogP contribution in [0, 0.1) is 12.7 Å². The fraction of sp³-hybridized carbons (Fsp3) is 0.320. The fourth-order valence-corrected chi connectivity index (χ4v) is 4.17. The Morgan fingerprint density at radius 1 is 1.19 bits per heavy atom. The molecule has 5 rings (SSSR count). The summed E-state index contributed by atoms with van der Waals surface area (Å²) < 4.78 is 21.4. The molecule has 1 heterocycles. The van der Waals surface area contributed by atoms with Gasteiger partial charge in [-0.15, -0.1) is 0 Å². The van der Waals surface area contributed by atoms with Crippen LogP contribution >= 0.6 is 0 Å². The lowest BCUT2D eigenvalue weighted by Gasteiger charge is -2.18. The van der Waals surface area contributed by atoms with Gasteiger partial charge in [0.1, 0.15) is 5.82 Å². The Morgan fingerprint density at radius 2 is 1.97 bits per heavy atom. The zero-order valence-corrected chi connectivity index (χ0v) is 18.0. The van der Waals surface area contributed by atoms with Crippen molar-refractivity contribution in [3.8, 4) is 11.1 Å². The molecule has 32 heavy (non-hydrogen) atoms. The van der Waals surface area contributed by atoms with Crippen LogP contribution in [-0.2, 0) is 14.9 Å². The molecular weight excluding hydrogens is 409 g/mol. The van der Waals surface area contributed by atoms with Crippen molar-refractivity contribution in [3.05, 3.63) is 71.3 Å². The minimum atomic E-state index is -0.868. The summed E-state index contributed by atoms with van der Waals surface area (Å²) in [6, 6.07) is 10.5. The van der Waals surface area contributed by atoms with Crippen molar-refractivity contribution in [1.82, 2.24) is 9.78 Å². The zero-order chi connectivity index (χ0) is 22.5. The van der Waals surface area contributed by atoms with Gasteiger partial charge in [-0.25, -0.2) is 9.18 Å². The molecule has 0 aliphatic heterocycles. The van der Waals surface area contributed by atoms with Gasteiger partial charge in [-0.3, -0.25) is 9.48 Å². The summed E-state index contributed by atoms with van der Waals surface area (Å²) in [6.07, 6.45) is 7.05. The predicted octanol–water partition coefficient (Wildman–Crippen LogP) is 4.79. The first-order valence-electron chi connectivity index (χ1n) is 10.8. The van der Waals surface area contributed by atoms with E-state index in [0.29, 0.717) is 41.3 Å². The average Bonchev–Trinajstić information content (AvgIpc) is 3.72. The molecule has 0 atom stereocenters. The van der Waals surface area contributed by atoms with Crippen LogP contribution in [0.4, 0.5) is 10.1 Å². The Morgan fingerprint density at radius 3 is 2.62 bits per heavy atom. The van der Waals surface area contributed by atoms with Crippen LogP contribution in [0.2, 0.25) is 0 Å². The molecule has 1 amide bonds. The Kier molecular flexibility index (Phi) is 4.84. The van der Waals surface area contributed by atoms with E-state index in [-0.39, 0.29) is 11.7 Å². The normalized spacial score (nSPS) is 16.5. The van der Waals surface area contributed by atoms with Gasteiger partial charge in [0.2, 0.25) is 5.91 Å². The van der Waals surface area contributed by atoms with E-state index in [1.807, 2.05) is 23.9 Å². The molecular formula is C25H24FN3O3. The Bertz CT molecular complexity index is 1220. The van der Waals surface area contributed by atoms with Gasteiger partial charge in [0.25, 0.3) is 0 Å². The zero-order valence-electron chi connectivity index (χ0n) is 18.0. The number of ether oxygens (including phenoxy) is 1. The van der Waals surface area contributed by atoms with E-state index in [1.165, 1.54) is 13.2 Å². The molecule has 0 unspecified atom stereocenters. The second kappa shape index (κ2) is 7.58. The van der Waals surface area contributed by atoms with Gasteiger partial charge in [0.05, 0.1) is 30.3 Å².